The molecule has 20 heavy (non-hydrogen) atoms. The van der Waals surface area contributed by atoms with Crippen LogP contribution < -0.4 is 0 Å². The molecule has 1 aromatic heterocycles. The maximum absolute atomic E-state index is 9.28. The summed E-state index contributed by atoms with van der Waals surface area (Å²) in [7, 11) is 0. The molecule has 0 amide bonds. The molecular formula is C15H20N2O2S. The van der Waals surface area contributed by atoms with Crippen LogP contribution in [0.5, 0.6) is 0 Å². The normalized spacial score (nSPS) is 12.6. The van der Waals surface area contributed by atoms with Crippen LogP contribution in [-0.4, -0.2) is 38.5 Å². The van der Waals surface area contributed by atoms with E-state index in [4.69, 9.17) is 5.11 Å². The van der Waals surface area contributed by atoms with Crippen molar-refractivity contribution in [3.8, 4) is 5.69 Å². The zero-order chi connectivity index (χ0) is 14.5. The fraction of sp³-hybridized carbons (Fsp3) is 0.400. The molecule has 0 saturated carbocycles. The molecule has 0 fully saturated rings. The number of benzene rings is 1. The Balaban J connectivity index is 1.98. The summed E-state index contributed by atoms with van der Waals surface area (Å²) in [5.41, 5.74) is 4.39. The van der Waals surface area contributed by atoms with Crippen LogP contribution in [0.4, 0.5) is 0 Å². The molecular weight excluding hydrogens is 272 g/mol. The van der Waals surface area contributed by atoms with E-state index in [1.807, 2.05) is 18.5 Å². The van der Waals surface area contributed by atoms with Gasteiger partial charge in [0.25, 0.3) is 0 Å². The number of aryl methyl sites for hydroxylation is 2. The van der Waals surface area contributed by atoms with Gasteiger partial charge in [-0.25, -0.2) is 4.68 Å². The maximum Gasteiger partial charge on any atom is 0.0861 e. The van der Waals surface area contributed by atoms with Crippen molar-refractivity contribution in [3.05, 3.63) is 47.3 Å². The van der Waals surface area contributed by atoms with Gasteiger partial charge in [0, 0.05) is 17.2 Å². The van der Waals surface area contributed by atoms with Crippen molar-refractivity contribution < 1.29 is 10.2 Å². The van der Waals surface area contributed by atoms with E-state index in [1.165, 1.54) is 5.56 Å². The van der Waals surface area contributed by atoms with Crippen molar-refractivity contribution in [2.45, 2.75) is 25.7 Å². The van der Waals surface area contributed by atoms with E-state index in [2.05, 4.69) is 35.4 Å². The van der Waals surface area contributed by atoms with Gasteiger partial charge in [0.2, 0.25) is 0 Å². The molecule has 4 nitrogen and oxygen atoms in total. The standard InChI is InChI=1S/C15H20N2O2S/c1-11-7-12(2)17(16-11)14-5-3-13(4-6-14)9-20-10-15(19)8-18/h3-7,15,18-19H,8-10H2,1-2H3/t15-/m0/s1. The van der Waals surface area contributed by atoms with Gasteiger partial charge in [0.1, 0.15) is 0 Å². The van der Waals surface area contributed by atoms with E-state index in [0.29, 0.717) is 5.75 Å². The average Bonchev–Trinajstić information content (AvgIpc) is 2.78. The molecule has 0 radical (unpaired) electrons. The van der Waals surface area contributed by atoms with Gasteiger partial charge in [-0.15, -0.1) is 0 Å². The molecule has 2 N–H and O–H groups in total. The van der Waals surface area contributed by atoms with Crippen LogP contribution in [-0.2, 0) is 5.75 Å². The first kappa shape index (κ1) is 15.1. The van der Waals surface area contributed by atoms with E-state index in [0.717, 1.165) is 22.8 Å². The van der Waals surface area contributed by atoms with Gasteiger partial charge < -0.3 is 10.2 Å². The lowest BCUT2D eigenvalue weighted by molar-refractivity contribution is 0.113. The third kappa shape index (κ3) is 3.85. The van der Waals surface area contributed by atoms with Crippen molar-refractivity contribution in [2.24, 2.45) is 0 Å². The quantitative estimate of drug-likeness (QED) is 0.856. The Bertz CT molecular complexity index is 552. The van der Waals surface area contributed by atoms with Crippen molar-refractivity contribution in [2.75, 3.05) is 12.4 Å². The first-order chi connectivity index (χ1) is 9.60. The summed E-state index contributed by atoms with van der Waals surface area (Å²) in [5.74, 6) is 1.38. The summed E-state index contributed by atoms with van der Waals surface area (Å²) in [6, 6.07) is 10.3. The lowest BCUT2D eigenvalue weighted by atomic mass is 10.2. The van der Waals surface area contributed by atoms with E-state index in [1.54, 1.807) is 11.8 Å². The molecule has 2 aromatic rings. The number of hydrogen-bond donors (Lipinski definition) is 2. The van der Waals surface area contributed by atoms with Crippen molar-refractivity contribution in [1.29, 1.82) is 0 Å². The average molecular weight is 292 g/mol. The predicted molar refractivity (Wildman–Crippen MR) is 82.3 cm³/mol. The van der Waals surface area contributed by atoms with E-state index in [-0.39, 0.29) is 6.61 Å². The molecule has 0 aliphatic heterocycles. The molecule has 2 rings (SSSR count). The van der Waals surface area contributed by atoms with Crippen LogP contribution >= 0.6 is 11.8 Å². The van der Waals surface area contributed by atoms with Gasteiger partial charge in [-0.1, -0.05) is 12.1 Å². The molecule has 0 spiro atoms. The summed E-state index contributed by atoms with van der Waals surface area (Å²) in [6.45, 7) is 3.85. The largest absolute Gasteiger partial charge is 0.394 e. The Morgan fingerprint density at radius 2 is 1.95 bits per heavy atom. The zero-order valence-electron chi connectivity index (χ0n) is 11.8. The third-order valence-corrected chi connectivity index (χ3v) is 4.14. The van der Waals surface area contributed by atoms with Crippen LogP contribution in [0.1, 0.15) is 17.0 Å². The first-order valence-corrected chi connectivity index (χ1v) is 7.75. The highest BCUT2D eigenvalue weighted by Crippen LogP contribution is 2.17. The summed E-state index contributed by atoms with van der Waals surface area (Å²) in [4.78, 5) is 0. The summed E-state index contributed by atoms with van der Waals surface area (Å²) >= 11 is 1.62. The minimum atomic E-state index is -0.631. The SMILES string of the molecule is Cc1cc(C)n(-c2ccc(CSC[C@@H](O)CO)cc2)n1. The molecule has 0 unspecified atom stereocenters. The first-order valence-electron chi connectivity index (χ1n) is 6.59. The monoisotopic (exact) mass is 292 g/mol. The van der Waals surface area contributed by atoms with Crippen LogP contribution in [0.3, 0.4) is 0 Å². The van der Waals surface area contributed by atoms with Gasteiger partial charge in [-0.2, -0.15) is 16.9 Å². The van der Waals surface area contributed by atoms with E-state index in [9.17, 15) is 5.11 Å². The number of aliphatic hydroxyl groups excluding tert-OH is 2. The van der Waals surface area contributed by atoms with Gasteiger partial charge in [0.15, 0.2) is 0 Å². The second-order valence-electron chi connectivity index (χ2n) is 4.86. The Kier molecular flexibility index (Phi) is 5.23. The van der Waals surface area contributed by atoms with Gasteiger partial charge in [-0.3, -0.25) is 0 Å². The van der Waals surface area contributed by atoms with Gasteiger partial charge in [0.05, 0.1) is 24.1 Å². The molecule has 0 aliphatic carbocycles. The molecule has 108 valence electrons. The van der Waals surface area contributed by atoms with Crippen LogP contribution in [0.25, 0.3) is 5.69 Å². The number of rotatable bonds is 6. The second kappa shape index (κ2) is 6.92. The minimum absolute atomic E-state index is 0.177. The smallest absolute Gasteiger partial charge is 0.0861 e. The second-order valence-corrected chi connectivity index (χ2v) is 5.89. The Morgan fingerprint density at radius 1 is 1.25 bits per heavy atom. The molecule has 1 atom stereocenters. The van der Waals surface area contributed by atoms with E-state index < -0.39 is 6.10 Å². The van der Waals surface area contributed by atoms with Crippen LogP contribution in [0.15, 0.2) is 30.3 Å². The third-order valence-electron chi connectivity index (χ3n) is 2.98. The number of thioether (sulfide) groups is 1. The fourth-order valence-corrected chi connectivity index (χ4v) is 2.91. The number of hydrogen-bond acceptors (Lipinski definition) is 4. The Hall–Kier alpha value is -1.30. The highest BCUT2D eigenvalue weighted by Gasteiger charge is 2.05. The molecule has 1 aromatic carbocycles. The van der Waals surface area contributed by atoms with Crippen LogP contribution in [0.2, 0.25) is 0 Å². The molecule has 5 heteroatoms. The minimum Gasteiger partial charge on any atom is -0.394 e. The predicted octanol–water partition coefficient (Wildman–Crippen LogP) is 2.08. The lowest BCUT2D eigenvalue weighted by Gasteiger charge is -2.08. The lowest BCUT2D eigenvalue weighted by Crippen LogP contribution is -2.14. The summed E-state index contributed by atoms with van der Waals surface area (Å²) in [6.07, 6.45) is -0.631. The number of aliphatic hydroxyl groups is 2. The fourth-order valence-electron chi connectivity index (χ4n) is 1.99. The molecule has 1 heterocycles. The van der Waals surface area contributed by atoms with E-state index >= 15 is 0 Å². The summed E-state index contributed by atoms with van der Waals surface area (Å²) in [5, 5.41) is 22.5. The molecule has 0 bridgehead atoms. The Morgan fingerprint density at radius 3 is 2.50 bits per heavy atom. The number of aromatic nitrogens is 2. The Labute approximate surface area is 123 Å². The topological polar surface area (TPSA) is 58.3 Å². The number of nitrogens with zero attached hydrogens (tertiary/aromatic N) is 2. The van der Waals surface area contributed by atoms with Crippen LogP contribution in [0, 0.1) is 13.8 Å². The van der Waals surface area contributed by atoms with Gasteiger partial charge in [-0.05, 0) is 37.6 Å². The summed E-state index contributed by atoms with van der Waals surface area (Å²) < 4.78 is 1.93. The maximum atomic E-state index is 9.28. The highest BCUT2D eigenvalue weighted by atomic mass is 32.2. The van der Waals surface area contributed by atoms with Crippen molar-refractivity contribution >= 4 is 11.8 Å². The molecule has 0 saturated heterocycles. The molecule has 0 aliphatic rings. The van der Waals surface area contributed by atoms with Crippen molar-refractivity contribution in [1.82, 2.24) is 9.78 Å². The zero-order valence-corrected chi connectivity index (χ0v) is 12.6. The van der Waals surface area contributed by atoms with Gasteiger partial charge >= 0.3 is 0 Å². The van der Waals surface area contributed by atoms with Crippen molar-refractivity contribution in [3.63, 3.8) is 0 Å². The highest BCUT2D eigenvalue weighted by molar-refractivity contribution is 7.98.